The Morgan fingerprint density at radius 3 is 3.05 bits per heavy atom. The van der Waals surface area contributed by atoms with E-state index in [9.17, 15) is 0 Å². The third kappa shape index (κ3) is 2.43. The van der Waals surface area contributed by atoms with Crippen LogP contribution in [0.15, 0.2) is 30.7 Å². The molecule has 0 unspecified atom stereocenters. The van der Waals surface area contributed by atoms with Crippen molar-refractivity contribution in [3.8, 4) is 0 Å². The van der Waals surface area contributed by atoms with Crippen LogP contribution in [0, 0.1) is 0 Å². The van der Waals surface area contributed by atoms with E-state index in [2.05, 4.69) is 19.4 Å². The first kappa shape index (κ1) is 12.9. The van der Waals surface area contributed by atoms with Gasteiger partial charge in [-0.3, -0.25) is 4.90 Å². The molecule has 3 heterocycles. The van der Waals surface area contributed by atoms with Crippen molar-refractivity contribution < 1.29 is 0 Å². The van der Waals surface area contributed by atoms with Crippen LogP contribution >= 0.6 is 11.6 Å². The second-order valence-electron chi connectivity index (χ2n) is 5.42. The summed E-state index contributed by atoms with van der Waals surface area (Å²) >= 11 is 6.12. The minimum Gasteiger partial charge on any atom is -0.347 e. The summed E-state index contributed by atoms with van der Waals surface area (Å²) in [6, 6.07) is 5.92. The second-order valence-corrected chi connectivity index (χ2v) is 5.85. The number of halogens is 1. The molecule has 1 N–H and O–H groups in total. The number of aromatic amines is 1. The van der Waals surface area contributed by atoms with E-state index >= 15 is 0 Å². The zero-order chi connectivity index (χ0) is 14.2. The summed E-state index contributed by atoms with van der Waals surface area (Å²) in [5, 5.41) is 0.767. The standard InChI is InChI=1S/C15H16ClN5/c16-11-1-2-13-14(7-11)21-6-5-20(4-3-15(21)19-13)9-12-8-17-10-18-12/h1-2,7-8,10H,3-6,9H2,(H,17,18). The van der Waals surface area contributed by atoms with Gasteiger partial charge in [0.05, 0.1) is 17.4 Å². The average Bonchev–Trinajstić information content (AvgIpc) is 3.04. The van der Waals surface area contributed by atoms with Crippen molar-refractivity contribution in [2.45, 2.75) is 19.5 Å². The largest absolute Gasteiger partial charge is 0.347 e. The van der Waals surface area contributed by atoms with E-state index in [0.29, 0.717) is 0 Å². The van der Waals surface area contributed by atoms with E-state index in [1.165, 1.54) is 0 Å². The molecule has 0 fully saturated rings. The number of H-pyrrole nitrogens is 1. The molecule has 0 aliphatic carbocycles. The van der Waals surface area contributed by atoms with E-state index < -0.39 is 0 Å². The number of rotatable bonds is 2. The van der Waals surface area contributed by atoms with Gasteiger partial charge in [-0.2, -0.15) is 0 Å². The molecule has 0 radical (unpaired) electrons. The maximum Gasteiger partial charge on any atom is 0.111 e. The van der Waals surface area contributed by atoms with Crippen LogP contribution in [-0.4, -0.2) is 37.5 Å². The normalized spacial score (nSPS) is 16.0. The predicted octanol–water partition coefficient (Wildman–Crippen LogP) is 2.47. The highest BCUT2D eigenvalue weighted by Gasteiger charge is 2.18. The van der Waals surface area contributed by atoms with E-state index in [4.69, 9.17) is 16.6 Å². The lowest BCUT2D eigenvalue weighted by Gasteiger charge is -2.18. The molecule has 108 valence electrons. The van der Waals surface area contributed by atoms with Crippen LogP contribution in [-0.2, 0) is 19.5 Å². The Morgan fingerprint density at radius 2 is 2.19 bits per heavy atom. The minimum absolute atomic E-state index is 0.767. The molecule has 6 heteroatoms. The van der Waals surface area contributed by atoms with Crippen molar-refractivity contribution in [2.75, 3.05) is 13.1 Å². The van der Waals surface area contributed by atoms with Crippen LogP contribution in [0.1, 0.15) is 11.5 Å². The number of hydrogen-bond donors (Lipinski definition) is 1. The Hall–Kier alpha value is -1.85. The highest BCUT2D eigenvalue weighted by atomic mass is 35.5. The van der Waals surface area contributed by atoms with Crippen molar-refractivity contribution in [1.82, 2.24) is 24.4 Å². The van der Waals surface area contributed by atoms with Gasteiger partial charge >= 0.3 is 0 Å². The zero-order valence-corrected chi connectivity index (χ0v) is 12.3. The number of hydrogen-bond acceptors (Lipinski definition) is 3. The number of fused-ring (bicyclic) bond motifs is 3. The maximum absolute atomic E-state index is 6.12. The Balaban J connectivity index is 1.59. The Morgan fingerprint density at radius 1 is 1.24 bits per heavy atom. The molecule has 0 atom stereocenters. The summed E-state index contributed by atoms with van der Waals surface area (Å²) in [5.41, 5.74) is 3.33. The van der Waals surface area contributed by atoms with Crippen LogP contribution in [0.25, 0.3) is 11.0 Å². The number of benzene rings is 1. The van der Waals surface area contributed by atoms with Gasteiger partial charge in [0.1, 0.15) is 5.82 Å². The predicted molar refractivity (Wildman–Crippen MR) is 82.3 cm³/mol. The SMILES string of the molecule is Clc1ccc2nc3n(c2c1)CCN(Cc1cnc[nH]1)CC3. The molecule has 1 aliphatic heterocycles. The number of nitrogens with zero attached hydrogens (tertiary/aromatic N) is 4. The molecule has 3 aromatic rings. The van der Waals surface area contributed by atoms with Crippen molar-refractivity contribution >= 4 is 22.6 Å². The minimum atomic E-state index is 0.767. The first-order valence-electron chi connectivity index (χ1n) is 7.14. The molecule has 4 rings (SSSR count). The fourth-order valence-corrected chi connectivity index (χ4v) is 3.13. The first-order valence-corrected chi connectivity index (χ1v) is 7.52. The van der Waals surface area contributed by atoms with Crippen LogP contribution in [0.2, 0.25) is 5.02 Å². The number of aromatic nitrogens is 4. The van der Waals surface area contributed by atoms with Crippen molar-refractivity contribution in [3.63, 3.8) is 0 Å². The van der Waals surface area contributed by atoms with Crippen molar-refractivity contribution in [3.05, 3.63) is 47.3 Å². The molecule has 0 spiro atoms. The van der Waals surface area contributed by atoms with Gasteiger partial charge in [-0.15, -0.1) is 0 Å². The lowest BCUT2D eigenvalue weighted by molar-refractivity contribution is 0.269. The molecular weight excluding hydrogens is 286 g/mol. The molecule has 2 aromatic heterocycles. The van der Waals surface area contributed by atoms with Crippen LogP contribution < -0.4 is 0 Å². The summed E-state index contributed by atoms with van der Waals surface area (Å²) in [7, 11) is 0. The first-order chi connectivity index (χ1) is 10.3. The molecule has 1 aliphatic rings. The van der Waals surface area contributed by atoms with E-state index in [1.807, 2.05) is 24.4 Å². The summed E-state index contributed by atoms with van der Waals surface area (Å²) in [6.07, 6.45) is 4.58. The Bertz CT molecular complexity index is 762. The monoisotopic (exact) mass is 301 g/mol. The third-order valence-electron chi connectivity index (χ3n) is 4.03. The summed E-state index contributed by atoms with van der Waals surface area (Å²) in [6.45, 7) is 3.86. The third-order valence-corrected chi connectivity index (χ3v) is 4.26. The molecule has 0 bridgehead atoms. The Labute approximate surface area is 127 Å². The fraction of sp³-hybridized carbons (Fsp3) is 0.333. The van der Waals surface area contributed by atoms with Gasteiger partial charge < -0.3 is 9.55 Å². The smallest absolute Gasteiger partial charge is 0.111 e. The van der Waals surface area contributed by atoms with E-state index in [-0.39, 0.29) is 0 Å². The topological polar surface area (TPSA) is 49.7 Å². The second kappa shape index (κ2) is 5.16. The quantitative estimate of drug-likeness (QED) is 0.791. The average molecular weight is 302 g/mol. The van der Waals surface area contributed by atoms with Crippen LogP contribution in [0.3, 0.4) is 0 Å². The van der Waals surface area contributed by atoms with Gasteiger partial charge in [-0.05, 0) is 18.2 Å². The molecule has 5 nitrogen and oxygen atoms in total. The zero-order valence-electron chi connectivity index (χ0n) is 11.6. The molecular formula is C15H16ClN5. The van der Waals surface area contributed by atoms with Crippen molar-refractivity contribution in [2.24, 2.45) is 0 Å². The highest BCUT2D eigenvalue weighted by molar-refractivity contribution is 6.31. The molecule has 21 heavy (non-hydrogen) atoms. The molecule has 0 amide bonds. The van der Waals surface area contributed by atoms with Gasteiger partial charge in [-0.1, -0.05) is 11.6 Å². The summed E-state index contributed by atoms with van der Waals surface area (Å²) < 4.78 is 2.30. The van der Waals surface area contributed by atoms with Gasteiger partial charge in [0, 0.05) is 49.5 Å². The van der Waals surface area contributed by atoms with Gasteiger partial charge in [0.2, 0.25) is 0 Å². The number of imidazole rings is 2. The fourth-order valence-electron chi connectivity index (χ4n) is 2.97. The lowest BCUT2D eigenvalue weighted by Crippen LogP contribution is -2.26. The molecule has 0 saturated heterocycles. The van der Waals surface area contributed by atoms with E-state index in [0.717, 1.165) is 60.2 Å². The van der Waals surface area contributed by atoms with Crippen LogP contribution in [0.4, 0.5) is 0 Å². The van der Waals surface area contributed by atoms with Gasteiger partial charge in [0.15, 0.2) is 0 Å². The number of nitrogens with one attached hydrogen (secondary N) is 1. The lowest BCUT2D eigenvalue weighted by atomic mass is 10.3. The molecule has 1 aromatic carbocycles. The van der Waals surface area contributed by atoms with E-state index in [1.54, 1.807) is 6.33 Å². The summed E-state index contributed by atoms with van der Waals surface area (Å²) in [5.74, 6) is 1.15. The van der Waals surface area contributed by atoms with Crippen LogP contribution in [0.5, 0.6) is 0 Å². The maximum atomic E-state index is 6.12. The van der Waals surface area contributed by atoms with Crippen molar-refractivity contribution in [1.29, 1.82) is 0 Å². The molecule has 0 saturated carbocycles. The highest BCUT2D eigenvalue weighted by Crippen LogP contribution is 2.22. The Kier molecular flexibility index (Phi) is 3.16. The van der Waals surface area contributed by atoms with Gasteiger partial charge in [-0.25, -0.2) is 9.97 Å². The summed E-state index contributed by atoms with van der Waals surface area (Å²) in [4.78, 5) is 14.4. The van der Waals surface area contributed by atoms with Gasteiger partial charge in [0.25, 0.3) is 0 Å².